The van der Waals surface area contributed by atoms with E-state index in [4.69, 9.17) is 21.1 Å². The zero-order valence-electron chi connectivity index (χ0n) is 36.3. The Kier molecular flexibility index (Phi) is 12.0. The van der Waals surface area contributed by atoms with Crippen LogP contribution in [0.25, 0.3) is 0 Å². The normalized spacial score (nSPS) is 36.8. The van der Waals surface area contributed by atoms with E-state index < -0.39 is 26.8 Å². The van der Waals surface area contributed by atoms with Crippen molar-refractivity contribution in [3.8, 4) is 5.75 Å². The van der Waals surface area contributed by atoms with Crippen LogP contribution in [0.4, 0.5) is 10.5 Å². The van der Waals surface area contributed by atoms with Crippen molar-refractivity contribution in [2.24, 2.45) is 40.4 Å². The molecule has 1 aromatic rings. The van der Waals surface area contributed by atoms with Crippen LogP contribution in [0.1, 0.15) is 103 Å². The van der Waals surface area contributed by atoms with Gasteiger partial charge in [-0.2, -0.15) is 0 Å². The summed E-state index contributed by atoms with van der Waals surface area (Å²) in [4.78, 5) is 36.5. The molecule has 1 spiro atoms. The number of halogens is 1. The second-order valence-corrected chi connectivity index (χ2v) is 23.0. The average molecular weight is 855 g/mol. The quantitative estimate of drug-likeness (QED) is 0.323. The van der Waals surface area contributed by atoms with Gasteiger partial charge in [-0.1, -0.05) is 50.4 Å². The van der Waals surface area contributed by atoms with Gasteiger partial charge < -0.3 is 24.2 Å². The molecule has 2 unspecified atom stereocenters. The first kappa shape index (κ1) is 42.9. The summed E-state index contributed by atoms with van der Waals surface area (Å²) in [6.07, 6.45) is 14.7. The molecule has 0 aromatic heterocycles. The molecule has 59 heavy (non-hydrogen) atoms. The summed E-state index contributed by atoms with van der Waals surface area (Å²) in [6.45, 7) is 20.3. The molecule has 1 aromatic carbocycles. The summed E-state index contributed by atoms with van der Waals surface area (Å²) >= 11 is 6.62. The van der Waals surface area contributed by atoms with Gasteiger partial charge in [-0.25, -0.2) is 17.9 Å². The van der Waals surface area contributed by atoms with Gasteiger partial charge in [0.15, 0.2) is 0 Å². The number of piperazine rings is 2. The first-order chi connectivity index (χ1) is 27.9. The fourth-order valence-electron chi connectivity index (χ4n) is 11.8. The van der Waals surface area contributed by atoms with E-state index in [1.807, 2.05) is 44.7 Å². The summed E-state index contributed by atoms with van der Waals surface area (Å²) in [6, 6.07) is 5.74. The van der Waals surface area contributed by atoms with E-state index in [1.165, 1.54) is 6.42 Å². The fourth-order valence-corrected chi connectivity index (χ4v) is 13.3. The van der Waals surface area contributed by atoms with Crippen molar-refractivity contribution in [3.63, 3.8) is 0 Å². The van der Waals surface area contributed by atoms with Gasteiger partial charge in [0.05, 0.1) is 17.5 Å². The topological polar surface area (TPSA) is 112 Å². The first-order valence-corrected chi connectivity index (χ1v) is 24.4. The van der Waals surface area contributed by atoms with Crippen LogP contribution >= 0.6 is 11.6 Å². The lowest BCUT2D eigenvalue weighted by atomic mass is 9.51. The Hall–Kier alpha value is -2.80. The third-order valence-corrected chi connectivity index (χ3v) is 18.0. The number of hydrogen-bond acceptors (Lipinski definition) is 9. The number of nitrogens with zero attached hydrogens (tertiary/aromatic N) is 4. The Balaban J connectivity index is 1.09. The van der Waals surface area contributed by atoms with Crippen molar-refractivity contribution in [2.45, 2.75) is 110 Å². The SMILES string of the molecule is C[C@@H]1[C@@H](C)CCC[C@H](CN2CCN3CCN(C(=O)OC(C)(C)C)C[C@H]3C2)[C@@H]2CC[C@H]2CN2C[C@@]3(CCCC4C=C(Cl)C=CC43C)COc3ccc(cc32)C(=O)NS1(=O)=O. The fraction of sp³-hybridized carbons (Fsp3) is 0.739. The minimum Gasteiger partial charge on any atom is -0.491 e. The maximum atomic E-state index is 13.8. The van der Waals surface area contributed by atoms with Gasteiger partial charge >= 0.3 is 6.09 Å². The lowest BCUT2D eigenvalue weighted by Crippen LogP contribution is -2.63. The zero-order chi connectivity index (χ0) is 41.9. The minimum absolute atomic E-state index is 0.109. The second kappa shape index (κ2) is 16.5. The molecule has 8 rings (SSSR count). The molecule has 2 saturated carbocycles. The van der Waals surface area contributed by atoms with Crippen LogP contribution in [0, 0.1) is 40.4 Å². The smallest absolute Gasteiger partial charge is 0.410 e. The Morgan fingerprint density at radius 2 is 1.81 bits per heavy atom. The van der Waals surface area contributed by atoms with Crippen molar-refractivity contribution in [1.29, 1.82) is 0 Å². The van der Waals surface area contributed by atoms with Crippen LogP contribution in [0.5, 0.6) is 5.75 Å². The van der Waals surface area contributed by atoms with Crippen molar-refractivity contribution in [1.82, 2.24) is 19.4 Å². The third-order valence-electron chi connectivity index (χ3n) is 15.8. The number of carbonyl (C=O) groups is 2. The summed E-state index contributed by atoms with van der Waals surface area (Å²) in [5.74, 6) is 1.83. The summed E-state index contributed by atoms with van der Waals surface area (Å²) in [7, 11) is -3.92. The van der Waals surface area contributed by atoms with E-state index in [1.54, 1.807) is 13.0 Å². The molecule has 3 aliphatic carbocycles. The van der Waals surface area contributed by atoms with E-state index in [9.17, 15) is 18.0 Å². The van der Waals surface area contributed by atoms with Gasteiger partial charge in [0.2, 0.25) is 10.0 Å². The molecule has 13 heteroatoms. The van der Waals surface area contributed by atoms with E-state index in [0.29, 0.717) is 48.9 Å². The number of ether oxygens (including phenoxy) is 2. The van der Waals surface area contributed by atoms with Gasteiger partial charge in [-0.15, -0.1) is 0 Å². The number of hydrogen-bond donors (Lipinski definition) is 1. The molecule has 4 heterocycles. The highest BCUT2D eigenvalue weighted by molar-refractivity contribution is 7.90. The highest BCUT2D eigenvalue weighted by Gasteiger charge is 2.56. The maximum absolute atomic E-state index is 13.8. The highest BCUT2D eigenvalue weighted by atomic mass is 35.5. The molecule has 4 aliphatic heterocycles. The second-order valence-electron chi connectivity index (χ2n) is 20.5. The number of allylic oxidation sites excluding steroid dienone is 4. The lowest BCUT2D eigenvalue weighted by Gasteiger charge is -2.56. The van der Waals surface area contributed by atoms with Crippen molar-refractivity contribution in [3.05, 3.63) is 47.0 Å². The molecule has 0 radical (unpaired) electrons. The van der Waals surface area contributed by atoms with Crippen LogP contribution in [0.2, 0.25) is 0 Å². The number of carbonyl (C=O) groups excluding carboxylic acids is 2. The van der Waals surface area contributed by atoms with E-state index in [2.05, 4.69) is 44.6 Å². The van der Waals surface area contributed by atoms with Crippen LogP contribution < -0.4 is 14.4 Å². The standard InChI is InChI=1S/C46H68ClN5O6S/c1-31-9-7-10-34(25-49-19-20-50-21-22-51(28-38(50)27-49)43(54)58-44(3,4)5)39-14-12-35(39)26-52-29-46(17-8-11-36-24-37(47)16-18-45(36,46)6)30-57-41-15-13-33(23-40(41)52)42(53)48-59(55,56)32(31)2/h13,15-16,18,23-24,31-32,34-36,38-39H,7-12,14,17,19-22,25-30H2,1-6H3,(H,48,53)/t31-,32+,34+,35-,36?,38+,39-,45?,46-/m0/s1. The molecular formula is C46H68ClN5O6S. The molecule has 1 N–H and O–H groups in total. The molecule has 9 atom stereocenters. The molecule has 7 aliphatic rings. The molecule has 326 valence electrons. The van der Waals surface area contributed by atoms with Gasteiger partial charge in [0, 0.05) is 86.4 Å². The number of anilines is 1. The third kappa shape index (κ3) is 8.67. The monoisotopic (exact) mass is 853 g/mol. The van der Waals surface area contributed by atoms with Crippen LogP contribution in [0.15, 0.2) is 41.5 Å². The Morgan fingerprint density at radius 3 is 2.58 bits per heavy atom. The first-order valence-electron chi connectivity index (χ1n) is 22.5. The lowest BCUT2D eigenvalue weighted by molar-refractivity contribution is -0.0262. The Labute approximate surface area is 358 Å². The number of nitrogens with one attached hydrogen (secondary N) is 1. The molecule has 2 amide bonds. The molecule has 2 bridgehead atoms. The molecule has 4 fully saturated rings. The number of amides is 2. The number of fused-ring (bicyclic) bond motifs is 5. The highest BCUT2D eigenvalue weighted by Crippen LogP contribution is 2.59. The van der Waals surface area contributed by atoms with Crippen LogP contribution in [-0.4, -0.2) is 118 Å². The summed E-state index contributed by atoms with van der Waals surface area (Å²) in [5, 5.41) is 0.0865. The summed E-state index contributed by atoms with van der Waals surface area (Å²) in [5.41, 5.74) is 0.334. The summed E-state index contributed by atoms with van der Waals surface area (Å²) < 4.78 is 42.5. The van der Waals surface area contributed by atoms with E-state index >= 15 is 0 Å². The maximum Gasteiger partial charge on any atom is 0.410 e. The number of sulfonamides is 1. The molecule has 11 nitrogen and oxygen atoms in total. The minimum atomic E-state index is -3.92. The van der Waals surface area contributed by atoms with Crippen molar-refractivity contribution in [2.75, 3.05) is 70.4 Å². The molecular weight excluding hydrogens is 786 g/mol. The van der Waals surface area contributed by atoms with Crippen LogP contribution in [0.3, 0.4) is 0 Å². The number of benzene rings is 1. The molecule has 2 saturated heterocycles. The predicted octanol–water partition coefficient (Wildman–Crippen LogP) is 7.52. The van der Waals surface area contributed by atoms with E-state index in [-0.39, 0.29) is 28.9 Å². The average Bonchev–Trinajstić information content (AvgIpc) is 3.32. The van der Waals surface area contributed by atoms with Crippen molar-refractivity contribution < 1.29 is 27.5 Å². The Bertz CT molecular complexity index is 1940. The van der Waals surface area contributed by atoms with Gasteiger partial charge in [0.1, 0.15) is 11.4 Å². The van der Waals surface area contributed by atoms with Gasteiger partial charge in [-0.05, 0) is 120 Å². The van der Waals surface area contributed by atoms with Crippen molar-refractivity contribution >= 4 is 39.3 Å². The van der Waals surface area contributed by atoms with E-state index in [0.717, 1.165) is 107 Å². The van der Waals surface area contributed by atoms with Gasteiger partial charge in [0.25, 0.3) is 5.91 Å². The zero-order valence-corrected chi connectivity index (χ0v) is 37.8. The van der Waals surface area contributed by atoms with Gasteiger partial charge in [-0.3, -0.25) is 9.69 Å². The largest absolute Gasteiger partial charge is 0.491 e. The Morgan fingerprint density at radius 1 is 1.02 bits per heavy atom. The predicted molar refractivity (Wildman–Crippen MR) is 233 cm³/mol. The number of rotatable bonds is 2. The van der Waals surface area contributed by atoms with Crippen LogP contribution in [-0.2, 0) is 14.8 Å².